The van der Waals surface area contributed by atoms with E-state index in [2.05, 4.69) is 0 Å². The number of hydrogen-bond donors (Lipinski definition) is 1. The van der Waals surface area contributed by atoms with E-state index in [4.69, 9.17) is 10.5 Å². The highest BCUT2D eigenvalue weighted by Crippen LogP contribution is 2.10. The molecule has 1 aliphatic heterocycles. The summed E-state index contributed by atoms with van der Waals surface area (Å²) in [6.45, 7) is 1.61. The van der Waals surface area contributed by atoms with Crippen LogP contribution in [0.1, 0.15) is 26.7 Å². The van der Waals surface area contributed by atoms with Gasteiger partial charge in [-0.1, -0.05) is 7.43 Å². The van der Waals surface area contributed by atoms with Crippen molar-refractivity contribution in [3.8, 4) is 0 Å². The summed E-state index contributed by atoms with van der Waals surface area (Å²) in [5.74, 6) is 0. The summed E-state index contributed by atoms with van der Waals surface area (Å²) >= 11 is 0. The van der Waals surface area contributed by atoms with Crippen LogP contribution in [-0.2, 0) is 4.74 Å². The average molecular weight is 131 g/mol. The van der Waals surface area contributed by atoms with Crippen molar-refractivity contribution in [2.75, 3.05) is 13.2 Å². The van der Waals surface area contributed by atoms with Crippen molar-refractivity contribution in [2.45, 2.75) is 32.8 Å². The molecule has 0 aliphatic carbocycles. The van der Waals surface area contributed by atoms with Gasteiger partial charge in [0, 0.05) is 13.2 Å². The Morgan fingerprint density at radius 3 is 2.56 bits per heavy atom. The quantitative estimate of drug-likeness (QED) is 0.579. The molecule has 0 spiro atoms. The molecule has 2 heteroatoms. The van der Waals surface area contributed by atoms with Crippen LogP contribution in [0, 0.1) is 0 Å². The standard InChI is InChI=1S/C6H13NO.CH4/c7-5-6-3-1-2-4-8-6;/h6H,1-5,7H2;1H4. The Hall–Kier alpha value is -0.0800. The van der Waals surface area contributed by atoms with Crippen molar-refractivity contribution >= 4 is 0 Å². The molecule has 2 N–H and O–H groups in total. The molecule has 1 unspecified atom stereocenters. The summed E-state index contributed by atoms with van der Waals surface area (Å²) in [6, 6.07) is 0. The topological polar surface area (TPSA) is 35.2 Å². The molecule has 0 aromatic carbocycles. The minimum Gasteiger partial charge on any atom is -0.377 e. The molecular formula is C7H17NO. The van der Waals surface area contributed by atoms with Crippen molar-refractivity contribution < 1.29 is 4.74 Å². The molecule has 1 saturated heterocycles. The molecule has 1 atom stereocenters. The van der Waals surface area contributed by atoms with E-state index < -0.39 is 0 Å². The van der Waals surface area contributed by atoms with Crippen LogP contribution >= 0.6 is 0 Å². The summed E-state index contributed by atoms with van der Waals surface area (Å²) < 4.78 is 5.30. The van der Waals surface area contributed by atoms with Crippen LogP contribution in [0.15, 0.2) is 0 Å². The zero-order valence-electron chi connectivity index (χ0n) is 5.10. The molecule has 9 heavy (non-hydrogen) atoms. The summed E-state index contributed by atoms with van der Waals surface area (Å²) in [6.07, 6.45) is 4.04. The second-order valence-electron chi connectivity index (χ2n) is 2.22. The molecular weight excluding hydrogens is 114 g/mol. The lowest BCUT2D eigenvalue weighted by molar-refractivity contribution is 0.0222. The molecule has 1 rings (SSSR count). The minimum absolute atomic E-state index is 0. The first-order valence-electron chi connectivity index (χ1n) is 3.25. The molecule has 1 heterocycles. The molecule has 2 nitrogen and oxygen atoms in total. The Morgan fingerprint density at radius 1 is 1.44 bits per heavy atom. The summed E-state index contributed by atoms with van der Waals surface area (Å²) in [5, 5.41) is 0. The second-order valence-corrected chi connectivity index (χ2v) is 2.22. The number of rotatable bonds is 1. The van der Waals surface area contributed by atoms with E-state index in [1.165, 1.54) is 12.8 Å². The molecule has 56 valence electrons. The predicted octanol–water partition coefficient (Wildman–Crippen LogP) is 1.15. The Balaban J connectivity index is 0.000000640. The SMILES string of the molecule is C.NCC1CCCCO1. The first-order valence-corrected chi connectivity index (χ1v) is 3.25. The minimum atomic E-state index is 0. The van der Waals surface area contributed by atoms with Crippen LogP contribution in [0.25, 0.3) is 0 Å². The molecule has 1 fully saturated rings. The fourth-order valence-corrected chi connectivity index (χ4v) is 0.993. The van der Waals surface area contributed by atoms with Crippen LogP contribution in [-0.4, -0.2) is 19.3 Å². The maximum atomic E-state index is 5.38. The molecule has 0 saturated carbocycles. The largest absolute Gasteiger partial charge is 0.377 e. The zero-order valence-corrected chi connectivity index (χ0v) is 5.10. The highest BCUT2D eigenvalue weighted by Gasteiger charge is 2.10. The van der Waals surface area contributed by atoms with Gasteiger partial charge in [-0.05, 0) is 19.3 Å². The van der Waals surface area contributed by atoms with E-state index in [1.807, 2.05) is 0 Å². The highest BCUT2D eigenvalue weighted by molar-refractivity contribution is 4.62. The van der Waals surface area contributed by atoms with E-state index in [9.17, 15) is 0 Å². The molecule has 0 amide bonds. The van der Waals surface area contributed by atoms with Crippen molar-refractivity contribution in [1.29, 1.82) is 0 Å². The van der Waals surface area contributed by atoms with Crippen molar-refractivity contribution in [1.82, 2.24) is 0 Å². The van der Waals surface area contributed by atoms with Gasteiger partial charge in [0.25, 0.3) is 0 Å². The smallest absolute Gasteiger partial charge is 0.0697 e. The van der Waals surface area contributed by atoms with E-state index in [-0.39, 0.29) is 7.43 Å². The molecule has 1 aliphatic rings. The lowest BCUT2D eigenvalue weighted by Gasteiger charge is -2.20. The van der Waals surface area contributed by atoms with Crippen LogP contribution in [0.3, 0.4) is 0 Å². The third-order valence-corrected chi connectivity index (χ3v) is 1.54. The Kier molecular flexibility index (Phi) is 4.72. The Labute approximate surface area is 57.4 Å². The van der Waals surface area contributed by atoms with E-state index in [0.717, 1.165) is 13.0 Å². The Morgan fingerprint density at radius 2 is 2.22 bits per heavy atom. The van der Waals surface area contributed by atoms with E-state index in [0.29, 0.717) is 12.6 Å². The van der Waals surface area contributed by atoms with Gasteiger partial charge in [-0.2, -0.15) is 0 Å². The summed E-state index contributed by atoms with van der Waals surface area (Å²) in [7, 11) is 0. The monoisotopic (exact) mass is 131 g/mol. The number of nitrogens with two attached hydrogens (primary N) is 1. The average Bonchev–Trinajstić information content (AvgIpc) is 1.90. The van der Waals surface area contributed by atoms with Crippen LogP contribution in [0.5, 0.6) is 0 Å². The second kappa shape index (κ2) is 4.77. The highest BCUT2D eigenvalue weighted by atomic mass is 16.5. The van der Waals surface area contributed by atoms with Crippen LogP contribution in [0.4, 0.5) is 0 Å². The molecule has 0 aromatic rings. The van der Waals surface area contributed by atoms with Gasteiger partial charge < -0.3 is 10.5 Å². The zero-order chi connectivity index (χ0) is 5.82. The fraction of sp³-hybridized carbons (Fsp3) is 1.00. The number of ether oxygens (including phenoxy) is 1. The normalized spacial score (nSPS) is 27.0. The van der Waals surface area contributed by atoms with Gasteiger partial charge in [0.05, 0.1) is 6.10 Å². The van der Waals surface area contributed by atoms with Crippen LogP contribution in [0.2, 0.25) is 0 Å². The van der Waals surface area contributed by atoms with E-state index >= 15 is 0 Å². The first kappa shape index (κ1) is 8.92. The van der Waals surface area contributed by atoms with Gasteiger partial charge in [-0.3, -0.25) is 0 Å². The maximum absolute atomic E-state index is 5.38. The predicted molar refractivity (Wildman–Crippen MR) is 39.4 cm³/mol. The summed E-state index contributed by atoms with van der Waals surface area (Å²) in [4.78, 5) is 0. The molecule has 0 aromatic heterocycles. The van der Waals surface area contributed by atoms with Gasteiger partial charge in [0.1, 0.15) is 0 Å². The van der Waals surface area contributed by atoms with Gasteiger partial charge in [-0.25, -0.2) is 0 Å². The summed E-state index contributed by atoms with van der Waals surface area (Å²) in [5.41, 5.74) is 5.38. The van der Waals surface area contributed by atoms with Gasteiger partial charge in [-0.15, -0.1) is 0 Å². The third-order valence-electron chi connectivity index (χ3n) is 1.54. The molecule has 0 radical (unpaired) electrons. The van der Waals surface area contributed by atoms with Crippen molar-refractivity contribution in [3.05, 3.63) is 0 Å². The lowest BCUT2D eigenvalue weighted by Crippen LogP contribution is -2.27. The fourth-order valence-electron chi connectivity index (χ4n) is 0.993. The van der Waals surface area contributed by atoms with Gasteiger partial charge in [0.15, 0.2) is 0 Å². The first-order chi connectivity index (χ1) is 3.93. The van der Waals surface area contributed by atoms with Crippen molar-refractivity contribution in [3.63, 3.8) is 0 Å². The maximum Gasteiger partial charge on any atom is 0.0697 e. The number of hydrogen-bond acceptors (Lipinski definition) is 2. The van der Waals surface area contributed by atoms with Crippen molar-refractivity contribution in [2.24, 2.45) is 5.73 Å². The Bertz CT molecular complexity index is 59.9. The third kappa shape index (κ3) is 2.82. The van der Waals surface area contributed by atoms with Gasteiger partial charge >= 0.3 is 0 Å². The van der Waals surface area contributed by atoms with Gasteiger partial charge in [0.2, 0.25) is 0 Å². The van der Waals surface area contributed by atoms with Crippen LogP contribution < -0.4 is 5.73 Å². The molecule has 0 bridgehead atoms. The lowest BCUT2D eigenvalue weighted by atomic mass is 10.1. The van der Waals surface area contributed by atoms with E-state index in [1.54, 1.807) is 0 Å².